The van der Waals surface area contributed by atoms with Crippen LogP contribution in [-0.2, 0) is 19.4 Å². The molecule has 2 fully saturated rings. The van der Waals surface area contributed by atoms with E-state index in [1.165, 1.54) is 12.3 Å². The van der Waals surface area contributed by atoms with Crippen LogP contribution in [0.2, 0.25) is 0 Å². The monoisotopic (exact) mass is 593 g/mol. The highest BCUT2D eigenvalue weighted by Gasteiger charge is 2.38. The zero-order valence-corrected chi connectivity index (χ0v) is 25.4. The first-order valence-corrected chi connectivity index (χ1v) is 16.3. The zero-order chi connectivity index (χ0) is 30.0. The van der Waals surface area contributed by atoms with Crippen molar-refractivity contribution in [1.82, 2.24) is 20.3 Å². The van der Waals surface area contributed by atoms with Gasteiger partial charge in [0, 0.05) is 68.4 Å². The number of benzene rings is 1. The first-order valence-electron chi connectivity index (χ1n) is 14.2. The number of carbonyl (C=O) groups excluding carboxylic acids is 1. The molecular weight excluding hydrogens is 554 g/mol. The summed E-state index contributed by atoms with van der Waals surface area (Å²) in [5, 5.41) is 8.15. The molecule has 0 saturated carbocycles. The van der Waals surface area contributed by atoms with Crippen molar-refractivity contribution in [3.05, 3.63) is 54.9 Å². The molecule has 2 aliphatic rings. The Kier molecular flexibility index (Phi) is 8.65. The van der Waals surface area contributed by atoms with Crippen LogP contribution in [0.1, 0.15) is 38.3 Å². The van der Waals surface area contributed by atoms with Crippen molar-refractivity contribution in [1.29, 1.82) is 0 Å². The second kappa shape index (κ2) is 12.2. The van der Waals surface area contributed by atoms with Gasteiger partial charge in [0.1, 0.15) is 21.5 Å². The first kappa shape index (κ1) is 29.7. The fourth-order valence-corrected chi connectivity index (χ4v) is 7.03. The maximum Gasteiger partial charge on any atom is 0.243 e. The van der Waals surface area contributed by atoms with E-state index in [4.69, 9.17) is 14.7 Å². The van der Waals surface area contributed by atoms with E-state index in [1.807, 2.05) is 37.4 Å². The second-order valence-electron chi connectivity index (χ2n) is 11.3. The molecule has 11 nitrogen and oxygen atoms in total. The van der Waals surface area contributed by atoms with Gasteiger partial charge >= 0.3 is 0 Å². The maximum atomic E-state index is 12.1. The number of anilines is 4. The van der Waals surface area contributed by atoms with E-state index < -0.39 is 9.84 Å². The smallest absolute Gasteiger partial charge is 0.243 e. The van der Waals surface area contributed by atoms with Crippen molar-refractivity contribution < 1.29 is 17.9 Å². The van der Waals surface area contributed by atoms with Crippen LogP contribution < -0.4 is 20.4 Å². The Hall–Kier alpha value is -3.77. The van der Waals surface area contributed by atoms with Crippen LogP contribution in [0.15, 0.2) is 49.3 Å². The number of sulfone groups is 1. The number of hydrogen-bond acceptors (Lipinski definition) is 10. The van der Waals surface area contributed by atoms with Gasteiger partial charge in [-0.1, -0.05) is 12.6 Å². The van der Waals surface area contributed by atoms with Crippen molar-refractivity contribution in [3.63, 3.8) is 0 Å². The topological polar surface area (TPSA) is 130 Å². The van der Waals surface area contributed by atoms with E-state index in [1.54, 1.807) is 13.3 Å². The summed E-state index contributed by atoms with van der Waals surface area (Å²) in [5.41, 5.74) is 1.91. The van der Waals surface area contributed by atoms with Gasteiger partial charge in [-0.2, -0.15) is 4.98 Å². The minimum absolute atomic E-state index is 0.0675. The van der Waals surface area contributed by atoms with Crippen LogP contribution in [0.25, 0.3) is 10.8 Å². The quantitative estimate of drug-likeness (QED) is 0.336. The van der Waals surface area contributed by atoms with E-state index >= 15 is 0 Å². The summed E-state index contributed by atoms with van der Waals surface area (Å²) >= 11 is 0. The summed E-state index contributed by atoms with van der Waals surface area (Å²) in [6.45, 7) is 9.87. The number of hydrogen-bond donors (Lipinski definition) is 2. The van der Waals surface area contributed by atoms with Crippen molar-refractivity contribution >= 4 is 49.8 Å². The lowest BCUT2D eigenvalue weighted by Gasteiger charge is -2.48. The Morgan fingerprint density at radius 3 is 2.62 bits per heavy atom. The number of pyridine rings is 1. The molecule has 0 bridgehead atoms. The summed E-state index contributed by atoms with van der Waals surface area (Å²) in [5.74, 6) is 1.89. The number of amides is 1. The number of rotatable bonds is 10. The molecule has 1 amide bonds. The number of nitrogens with zero attached hydrogens (tertiary/aromatic N) is 5. The van der Waals surface area contributed by atoms with Crippen LogP contribution in [0.3, 0.4) is 0 Å². The molecule has 2 aliphatic heterocycles. The van der Waals surface area contributed by atoms with E-state index in [-0.39, 0.29) is 35.8 Å². The average molecular weight is 594 g/mol. The Labute approximate surface area is 247 Å². The number of piperidine rings is 1. The third-order valence-electron chi connectivity index (χ3n) is 8.31. The van der Waals surface area contributed by atoms with Crippen LogP contribution >= 0.6 is 0 Å². The molecule has 1 unspecified atom stereocenters. The van der Waals surface area contributed by atoms with Gasteiger partial charge < -0.3 is 25.2 Å². The molecule has 224 valence electrons. The number of nitrogens with one attached hydrogen (secondary N) is 2. The summed E-state index contributed by atoms with van der Waals surface area (Å²) in [6.07, 6.45) is 8.24. The molecule has 2 aromatic heterocycles. The number of fused-ring (bicyclic) bond motifs is 1. The molecule has 12 heteroatoms. The van der Waals surface area contributed by atoms with Gasteiger partial charge in [-0.05, 0) is 61.9 Å². The predicted octanol–water partition coefficient (Wildman–Crippen LogP) is 3.62. The number of ether oxygens (including phenoxy) is 1. The minimum atomic E-state index is -3.06. The molecule has 2 N–H and O–H groups in total. The fourth-order valence-electron chi connectivity index (χ4n) is 5.87. The molecule has 3 atom stereocenters. The Balaban J connectivity index is 1.44. The van der Waals surface area contributed by atoms with Crippen LogP contribution in [0.4, 0.5) is 23.3 Å². The van der Waals surface area contributed by atoms with Gasteiger partial charge in [-0.3, -0.25) is 4.79 Å². The van der Waals surface area contributed by atoms with Crippen LogP contribution in [-0.4, -0.2) is 80.2 Å². The second-order valence-corrected chi connectivity index (χ2v) is 13.4. The molecule has 3 aromatic rings. The van der Waals surface area contributed by atoms with Gasteiger partial charge in [0.25, 0.3) is 0 Å². The lowest BCUT2D eigenvalue weighted by Crippen LogP contribution is -2.57. The van der Waals surface area contributed by atoms with Crippen molar-refractivity contribution in [2.75, 3.05) is 53.9 Å². The van der Waals surface area contributed by atoms with Crippen molar-refractivity contribution in [3.8, 4) is 0 Å². The highest BCUT2D eigenvalue weighted by atomic mass is 32.2. The summed E-state index contributed by atoms with van der Waals surface area (Å²) in [6, 6.07) is 7.60. The van der Waals surface area contributed by atoms with E-state index in [0.29, 0.717) is 24.1 Å². The number of methoxy groups -OCH3 is 1. The predicted molar refractivity (Wildman–Crippen MR) is 166 cm³/mol. The number of carbonyl (C=O) groups is 1. The molecule has 2 saturated heterocycles. The average Bonchev–Trinajstić information content (AvgIpc) is 2.98. The third kappa shape index (κ3) is 6.49. The molecule has 1 aromatic carbocycles. The van der Waals surface area contributed by atoms with E-state index in [0.717, 1.165) is 48.0 Å². The Morgan fingerprint density at radius 1 is 1.19 bits per heavy atom. The highest BCUT2D eigenvalue weighted by Crippen LogP contribution is 2.39. The largest absolute Gasteiger partial charge is 0.381 e. The molecule has 0 spiro atoms. The maximum absolute atomic E-state index is 12.1. The molecule has 4 heterocycles. The number of aromatic nitrogens is 3. The third-order valence-corrected chi connectivity index (χ3v) is 9.34. The molecule has 42 heavy (non-hydrogen) atoms. The Bertz CT molecular complexity index is 1570. The molecule has 0 radical (unpaired) electrons. The lowest BCUT2D eigenvalue weighted by molar-refractivity contribution is -0.117. The molecule has 0 aliphatic carbocycles. The van der Waals surface area contributed by atoms with Crippen LogP contribution in [0, 0.1) is 5.92 Å². The van der Waals surface area contributed by atoms with Crippen LogP contribution in [0.5, 0.6) is 0 Å². The molecular formula is C30H39N7O4S. The standard InChI is InChI=1S/C30H39N7O4S/c1-6-29(38)33-19(2)23-7-8-26(37-17-21(20(37)3)18-42(5,39)40)25-16-32-28(15-24(23)25)34-27-9-12-31-30(35-27)36-13-10-22(41-4)11-14-36/h6-9,12,15-16,19-22H,1,10-11,13-14,17-18H2,2-5H3,(H,33,38)(H,31,32,34,35)/t19?,20-,21-/m1/s1. The zero-order valence-electron chi connectivity index (χ0n) is 24.6. The van der Waals surface area contributed by atoms with Gasteiger partial charge in [0.15, 0.2) is 0 Å². The van der Waals surface area contributed by atoms with Crippen molar-refractivity contribution in [2.45, 2.75) is 44.9 Å². The minimum Gasteiger partial charge on any atom is -0.381 e. The fraction of sp³-hybridized carbons (Fsp3) is 0.467. The lowest BCUT2D eigenvalue weighted by atomic mass is 9.89. The van der Waals surface area contributed by atoms with E-state index in [9.17, 15) is 13.2 Å². The van der Waals surface area contributed by atoms with E-state index in [2.05, 4.69) is 38.9 Å². The van der Waals surface area contributed by atoms with Gasteiger partial charge in [-0.25, -0.2) is 18.4 Å². The highest BCUT2D eigenvalue weighted by molar-refractivity contribution is 7.90. The first-order chi connectivity index (χ1) is 20.1. The summed E-state index contributed by atoms with van der Waals surface area (Å²) in [7, 11) is -1.31. The van der Waals surface area contributed by atoms with Gasteiger partial charge in [0.2, 0.25) is 11.9 Å². The van der Waals surface area contributed by atoms with Gasteiger partial charge in [-0.15, -0.1) is 0 Å². The summed E-state index contributed by atoms with van der Waals surface area (Å²) in [4.78, 5) is 30.4. The SMILES string of the molecule is C=CC(=O)NC(C)c1ccc(N2C[C@H](CS(C)(=O)=O)[C@H]2C)c2cnc(Nc3ccnc(N4CCC(OC)CC4)n3)cc12. The van der Waals surface area contributed by atoms with Gasteiger partial charge in [0.05, 0.1) is 17.9 Å². The normalized spacial score (nSPS) is 20.2. The summed E-state index contributed by atoms with van der Waals surface area (Å²) < 4.78 is 29.3. The molecule has 5 rings (SSSR count). The Morgan fingerprint density at radius 2 is 1.95 bits per heavy atom. The van der Waals surface area contributed by atoms with Crippen molar-refractivity contribution in [2.24, 2.45) is 5.92 Å².